The molecule has 3 rings (SSSR count). The third-order valence-electron chi connectivity index (χ3n) is 4.41. The summed E-state index contributed by atoms with van der Waals surface area (Å²) in [6.07, 6.45) is 1.80. The molecule has 0 fully saturated rings. The van der Waals surface area contributed by atoms with Crippen molar-refractivity contribution in [3.63, 3.8) is 0 Å². The lowest BCUT2D eigenvalue weighted by Crippen LogP contribution is -2.25. The first-order valence-electron chi connectivity index (χ1n) is 7.86. The van der Waals surface area contributed by atoms with Crippen molar-refractivity contribution in [1.82, 2.24) is 10.2 Å². The molecule has 126 valence electrons. The van der Waals surface area contributed by atoms with Crippen LogP contribution in [0, 0.1) is 6.92 Å². The lowest BCUT2D eigenvalue weighted by molar-refractivity contribution is -0.113. The molecule has 1 aromatic heterocycles. The van der Waals surface area contributed by atoms with E-state index in [0.29, 0.717) is 0 Å². The van der Waals surface area contributed by atoms with E-state index in [1.165, 1.54) is 34.3 Å². The Kier molecular flexibility index (Phi) is 4.53. The number of rotatable bonds is 4. The van der Waals surface area contributed by atoms with Gasteiger partial charge < -0.3 is 4.90 Å². The zero-order valence-electron chi connectivity index (χ0n) is 14.5. The van der Waals surface area contributed by atoms with Gasteiger partial charge in [0, 0.05) is 29.9 Å². The number of hydrogen-bond acceptors (Lipinski definition) is 6. The van der Waals surface area contributed by atoms with E-state index in [4.69, 9.17) is 0 Å². The molecule has 0 spiro atoms. The Morgan fingerprint density at radius 3 is 2.67 bits per heavy atom. The molecule has 0 N–H and O–H groups in total. The fraction of sp³-hybridized carbons (Fsp3) is 0.389. The van der Waals surface area contributed by atoms with Gasteiger partial charge in [0.05, 0.1) is 5.25 Å². The second-order valence-electron chi connectivity index (χ2n) is 6.48. The number of nitrogens with zero attached hydrogens (tertiary/aromatic N) is 3. The highest BCUT2D eigenvalue weighted by molar-refractivity contribution is 8.02. The molecule has 2 heterocycles. The molecule has 2 aromatic rings. The van der Waals surface area contributed by atoms with Crippen LogP contribution < -0.4 is 4.90 Å². The topological polar surface area (TPSA) is 46.1 Å². The summed E-state index contributed by atoms with van der Waals surface area (Å²) in [6, 6.07) is 8.33. The van der Waals surface area contributed by atoms with Crippen molar-refractivity contribution >= 4 is 34.6 Å². The molecule has 1 unspecified atom stereocenters. The smallest absolute Gasteiger partial charge is 0.174 e. The molecule has 0 saturated heterocycles. The number of anilines is 1. The molecule has 0 radical (unpaired) electrons. The van der Waals surface area contributed by atoms with Gasteiger partial charge in [-0.25, -0.2) is 0 Å². The van der Waals surface area contributed by atoms with Crippen LogP contribution in [0.1, 0.15) is 31.3 Å². The van der Waals surface area contributed by atoms with Crippen LogP contribution >= 0.6 is 23.1 Å². The Bertz CT molecular complexity index is 810. The summed E-state index contributed by atoms with van der Waals surface area (Å²) in [5, 5.41) is 8.84. The number of para-hydroxylation sites is 1. The molecule has 1 aliphatic heterocycles. The number of ketones is 1. The second-order valence-corrected chi connectivity index (χ2v) is 9.25. The maximum Gasteiger partial charge on any atom is 0.174 e. The monoisotopic (exact) mass is 359 g/mol. The highest BCUT2D eigenvalue weighted by Crippen LogP contribution is 2.46. The summed E-state index contributed by atoms with van der Waals surface area (Å²) in [7, 11) is 2.03. The molecule has 0 saturated carbocycles. The summed E-state index contributed by atoms with van der Waals surface area (Å²) in [4.78, 5) is 14.9. The van der Waals surface area contributed by atoms with Crippen LogP contribution in [0.4, 0.5) is 5.69 Å². The Morgan fingerprint density at radius 1 is 1.33 bits per heavy atom. The van der Waals surface area contributed by atoms with E-state index in [9.17, 15) is 4.79 Å². The quantitative estimate of drug-likeness (QED) is 0.604. The Labute approximate surface area is 151 Å². The summed E-state index contributed by atoms with van der Waals surface area (Å²) in [5.41, 5.74) is 3.29. The van der Waals surface area contributed by atoms with Crippen LogP contribution in [-0.4, -0.2) is 28.3 Å². The third-order valence-corrected chi connectivity index (χ3v) is 6.45. The number of benzene rings is 1. The average molecular weight is 360 g/mol. The molecular formula is C18H21N3OS2. The molecule has 24 heavy (non-hydrogen) atoms. The van der Waals surface area contributed by atoms with Crippen LogP contribution in [-0.2, 0) is 10.2 Å². The average Bonchev–Trinajstić information content (AvgIpc) is 3.03. The van der Waals surface area contributed by atoms with Crippen molar-refractivity contribution in [2.45, 2.75) is 42.7 Å². The highest BCUT2D eigenvalue weighted by Gasteiger charge is 2.38. The minimum atomic E-state index is -0.183. The number of allylic oxidation sites excluding steroid dienone is 2. The molecule has 6 heteroatoms. The first kappa shape index (κ1) is 17.2. The molecule has 1 atom stereocenters. The van der Waals surface area contributed by atoms with E-state index < -0.39 is 0 Å². The van der Waals surface area contributed by atoms with E-state index in [2.05, 4.69) is 47.1 Å². The van der Waals surface area contributed by atoms with Gasteiger partial charge in [0.2, 0.25) is 0 Å². The lowest BCUT2D eigenvalue weighted by atomic mass is 9.83. The Balaban J connectivity index is 1.84. The predicted octanol–water partition coefficient (Wildman–Crippen LogP) is 4.21. The van der Waals surface area contributed by atoms with Gasteiger partial charge in [0.25, 0.3) is 0 Å². The second kappa shape index (κ2) is 6.33. The number of likely N-dealkylation sites (N-methyl/N-ethyl adjacent to an activating group) is 1. The van der Waals surface area contributed by atoms with Gasteiger partial charge >= 0.3 is 0 Å². The molecule has 4 nitrogen and oxygen atoms in total. The number of hydrogen-bond donors (Lipinski definition) is 0. The van der Waals surface area contributed by atoms with Gasteiger partial charge in [0.15, 0.2) is 10.1 Å². The van der Waals surface area contributed by atoms with E-state index in [1.807, 2.05) is 27.0 Å². The SMILES string of the molecule is Cc1nnc(SC(C)C(=O)/C=C2\N(C)c3ccccc3C2(C)C)s1. The van der Waals surface area contributed by atoms with Crippen molar-refractivity contribution < 1.29 is 4.79 Å². The summed E-state index contributed by atoms with van der Waals surface area (Å²) >= 11 is 3.00. The summed E-state index contributed by atoms with van der Waals surface area (Å²) < 4.78 is 0.842. The standard InChI is InChI=1S/C18H21N3OS2/c1-11(23-17-20-19-12(2)24-17)15(22)10-16-18(3,4)13-8-6-7-9-14(13)21(16)5/h6-11H,1-5H3/b16-10-. The van der Waals surface area contributed by atoms with Crippen LogP contribution in [0.5, 0.6) is 0 Å². The first-order valence-corrected chi connectivity index (χ1v) is 9.56. The number of carbonyl (C=O) groups is 1. The predicted molar refractivity (Wildman–Crippen MR) is 101 cm³/mol. The number of carbonyl (C=O) groups excluding carboxylic acids is 1. The van der Waals surface area contributed by atoms with Gasteiger partial charge in [-0.15, -0.1) is 10.2 Å². The van der Waals surface area contributed by atoms with Crippen molar-refractivity contribution in [2.24, 2.45) is 0 Å². The van der Waals surface area contributed by atoms with E-state index in [0.717, 1.165) is 15.0 Å². The van der Waals surface area contributed by atoms with Gasteiger partial charge in [-0.3, -0.25) is 4.79 Å². The molecule has 0 bridgehead atoms. The molecular weight excluding hydrogens is 338 g/mol. The Morgan fingerprint density at radius 2 is 2.04 bits per heavy atom. The number of fused-ring (bicyclic) bond motifs is 1. The fourth-order valence-corrected chi connectivity index (χ4v) is 5.02. The van der Waals surface area contributed by atoms with E-state index >= 15 is 0 Å². The van der Waals surface area contributed by atoms with E-state index in [1.54, 1.807) is 6.08 Å². The number of thioether (sulfide) groups is 1. The Hall–Kier alpha value is -1.66. The van der Waals surface area contributed by atoms with Crippen molar-refractivity contribution in [2.75, 3.05) is 11.9 Å². The fourth-order valence-electron chi connectivity index (χ4n) is 3.05. The van der Waals surface area contributed by atoms with Crippen molar-refractivity contribution in [3.05, 3.63) is 46.6 Å². The van der Waals surface area contributed by atoms with Crippen LogP contribution in [0.25, 0.3) is 0 Å². The minimum Gasteiger partial charge on any atom is -0.347 e. The molecule has 0 aliphatic carbocycles. The number of aryl methyl sites for hydroxylation is 1. The van der Waals surface area contributed by atoms with Crippen molar-refractivity contribution in [1.29, 1.82) is 0 Å². The maximum absolute atomic E-state index is 12.7. The maximum atomic E-state index is 12.7. The number of aromatic nitrogens is 2. The summed E-state index contributed by atoms with van der Waals surface area (Å²) in [6.45, 7) is 8.18. The summed E-state index contributed by atoms with van der Waals surface area (Å²) in [5.74, 6) is 0.107. The van der Waals surface area contributed by atoms with Gasteiger partial charge in [-0.05, 0) is 25.5 Å². The molecule has 0 amide bonds. The third kappa shape index (κ3) is 3.00. The van der Waals surface area contributed by atoms with Gasteiger partial charge in [-0.2, -0.15) is 0 Å². The van der Waals surface area contributed by atoms with Crippen LogP contribution in [0.2, 0.25) is 0 Å². The normalized spacial score (nSPS) is 18.7. The zero-order chi connectivity index (χ0) is 17.5. The first-order chi connectivity index (χ1) is 11.3. The van der Waals surface area contributed by atoms with Crippen molar-refractivity contribution in [3.8, 4) is 0 Å². The molecule has 1 aliphatic rings. The largest absolute Gasteiger partial charge is 0.347 e. The van der Waals surface area contributed by atoms with Crippen LogP contribution in [0.15, 0.2) is 40.4 Å². The zero-order valence-corrected chi connectivity index (χ0v) is 16.2. The van der Waals surface area contributed by atoms with Gasteiger partial charge in [0.1, 0.15) is 5.01 Å². The molecule has 1 aromatic carbocycles. The van der Waals surface area contributed by atoms with Crippen LogP contribution in [0.3, 0.4) is 0 Å². The van der Waals surface area contributed by atoms with Gasteiger partial charge in [-0.1, -0.05) is 55.1 Å². The highest BCUT2D eigenvalue weighted by atomic mass is 32.2. The lowest BCUT2D eigenvalue weighted by Gasteiger charge is -2.24. The minimum absolute atomic E-state index is 0.107. The van der Waals surface area contributed by atoms with E-state index in [-0.39, 0.29) is 16.4 Å².